The lowest BCUT2D eigenvalue weighted by Gasteiger charge is -2.02. The molecule has 0 radical (unpaired) electrons. The molecule has 6 heteroatoms. The molecule has 4 aromatic rings. The minimum absolute atomic E-state index is 0.287. The van der Waals surface area contributed by atoms with E-state index in [0.717, 1.165) is 10.9 Å². The van der Waals surface area contributed by atoms with E-state index < -0.39 is 5.82 Å². The first kappa shape index (κ1) is 15.1. The maximum absolute atomic E-state index is 14.3. The topological polar surface area (TPSA) is 54.5 Å². The highest BCUT2D eigenvalue weighted by molar-refractivity contribution is 5.92. The summed E-state index contributed by atoms with van der Waals surface area (Å²) in [7, 11) is 0. The van der Waals surface area contributed by atoms with Gasteiger partial charge in [-0.25, -0.2) is 18.7 Å². The molecule has 25 heavy (non-hydrogen) atoms. The second-order valence-electron chi connectivity index (χ2n) is 5.44. The summed E-state index contributed by atoms with van der Waals surface area (Å²) >= 11 is 0. The van der Waals surface area contributed by atoms with Gasteiger partial charge in [0.05, 0.1) is 16.8 Å². The van der Waals surface area contributed by atoms with Crippen LogP contribution in [0.3, 0.4) is 0 Å². The third-order valence-corrected chi connectivity index (χ3v) is 3.79. The number of halogens is 2. The minimum Gasteiger partial charge on any atom is -0.277 e. The van der Waals surface area contributed by atoms with Crippen LogP contribution in [0.15, 0.2) is 54.9 Å². The lowest BCUT2D eigenvalue weighted by molar-refractivity contribution is 0.627. The number of nitrogens with zero attached hydrogens (tertiary/aromatic N) is 3. The van der Waals surface area contributed by atoms with Gasteiger partial charge in [0.1, 0.15) is 11.6 Å². The highest BCUT2D eigenvalue weighted by Gasteiger charge is 2.12. The van der Waals surface area contributed by atoms with E-state index in [9.17, 15) is 8.78 Å². The molecule has 4 nitrogen and oxygen atoms in total. The van der Waals surface area contributed by atoms with Crippen LogP contribution in [-0.4, -0.2) is 20.2 Å². The number of aromatic amines is 1. The van der Waals surface area contributed by atoms with Gasteiger partial charge in [0.15, 0.2) is 5.82 Å². The first-order chi connectivity index (χ1) is 12.2. The summed E-state index contributed by atoms with van der Waals surface area (Å²) < 4.78 is 27.3. The summed E-state index contributed by atoms with van der Waals surface area (Å²) in [6, 6.07) is 10.9. The standard InChI is InChI=1S/C19H12F2N4/c20-13-5-2-12(3-6-13)4-7-17-15-10-14(19-22-8-1-9-23-19)16(21)11-18(15)25-24-17/h1-11H,(H,24,25)/b7-4+. The van der Waals surface area contributed by atoms with Crippen molar-refractivity contribution in [3.63, 3.8) is 0 Å². The van der Waals surface area contributed by atoms with Crippen molar-refractivity contribution in [2.75, 3.05) is 0 Å². The number of H-pyrrole nitrogens is 1. The van der Waals surface area contributed by atoms with Gasteiger partial charge in [-0.3, -0.25) is 5.10 Å². The van der Waals surface area contributed by atoms with E-state index in [1.807, 2.05) is 6.08 Å². The smallest absolute Gasteiger partial charge is 0.162 e. The van der Waals surface area contributed by atoms with Crippen LogP contribution >= 0.6 is 0 Å². The molecule has 2 aromatic carbocycles. The highest BCUT2D eigenvalue weighted by Crippen LogP contribution is 2.27. The lowest BCUT2D eigenvalue weighted by Crippen LogP contribution is -1.91. The molecule has 0 spiro atoms. The zero-order valence-corrected chi connectivity index (χ0v) is 12.9. The number of nitrogens with one attached hydrogen (secondary N) is 1. The van der Waals surface area contributed by atoms with Gasteiger partial charge in [-0.15, -0.1) is 0 Å². The molecule has 0 unspecified atom stereocenters. The largest absolute Gasteiger partial charge is 0.277 e. The summed E-state index contributed by atoms with van der Waals surface area (Å²) in [6.07, 6.45) is 6.74. The van der Waals surface area contributed by atoms with Gasteiger partial charge < -0.3 is 0 Å². The highest BCUT2D eigenvalue weighted by atomic mass is 19.1. The Morgan fingerprint density at radius 2 is 1.68 bits per heavy atom. The van der Waals surface area contributed by atoms with E-state index in [1.54, 1.807) is 42.7 Å². The Morgan fingerprint density at radius 1 is 0.920 bits per heavy atom. The Morgan fingerprint density at radius 3 is 2.44 bits per heavy atom. The van der Waals surface area contributed by atoms with Crippen molar-refractivity contribution in [1.82, 2.24) is 20.2 Å². The molecule has 2 aromatic heterocycles. The van der Waals surface area contributed by atoms with Crippen LogP contribution in [0, 0.1) is 11.6 Å². The first-order valence-electron chi connectivity index (χ1n) is 7.59. The Hall–Kier alpha value is -3.41. The average Bonchev–Trinajstić information content (AvgIpc) is 3.03. The molecule has 0 bridgehead atoms. The molecule has 0 atom stereocenters. The molecule has 0 saturated heterocycles. The quantitative estimate of drug-likeness (QED) is 0.601. The Labute approximate surface area is 141 Å². The van der Waals surface area contributed by atoms with Crippen molar-refractivity contribution in [3.05, 3.63) is 77.8 Å². The van der Waals surface area contributed by atoms with E-state index in [0.29, 0.717) is 22.6 Å². The second-order valence-corrected chi connectivity index (χ2v) is 5.44. The van der Waals surface area contributed by atoms with Gasteiger partial charge >= 0.3 is 0 Å². The normalized spacial score (nSPS) is 11.4. The molecule has 1 N–H and O–H groups in total. The van der Waals surface area contributed by atoms with Crippen LogP contribution in [0.5, 0.6) is 0 Å². The zero-order valence-electron chi connectivity index (χ0n) is 12.9. The van der Waals surface area contributed by atoms with Crippen LogP contribution in [0.2, 0.25) is 0 Å². The molecule has 2 heterocycles. The SMILES string of the molecule is Fc1ccc(/C=C/c2n[nH]c3cc(F)c(-c4ncccn4)cc23)cc1. The monoisotopic (exact) mass is 334 g/mol. The fourth-order valence-corrected chi connectivity index (χ4v) is 2.54. The van der Waals surface area contributed by atoms with Gasteiger partial charge in [0.2, 0.25) is 0 Å². The van der Waals surface area contributed by atoms with Crippen LogP contribution in [-0.2, 0) is 0 Å². The summed E-state index contributed by atoms with van der Waals surface area (Å²) in [5.74, 6) is -0.390. The molecule has 0 aliphatic rings. The number of fused-ring (bicyclic) bond motifs is 1. The summed E-state index contributed by atoms with van der Waals surface area (Å²) in [4.78, 5) is 8.19. The summed E-state index contributed by atoms with van der Waals surface area (Å²) in [5, 5.41) is 7.77. The maximum Gasteiger partial charge on any atom is 0.162 e. The van der Waals surface area contributed by atoms with Crippen molar-refractivity contribution in [3.8, 4) is 11.4 Å². The molecule has 122 valence electrons. The number of rotatable bonds is 3. The second kappa shape index (κ2) is 6.24. The third kappa shape index (κ3) is 3.01. The Kier molecular flexibility index (Phi) is 3.78. The van der Waals surface area contributed by atoms with Crippen LogP contribution in [0.25, 0.3) is 34.4 Å². The van der Waals surface area contributed by atoms with Crippen molar-refractivity contribution >= 4 is 23.1 Å². The molecule has 0 fully saturated rings. The molecule has 0 saturated carbocycles. The van der Waals surface area contributed by atoms with Crippen molar-refractivity contribution < 1.29 is 8.78 Å². The number of aromatic nitrogens is 4. The Bertz CT molecular complexity index is 1050. The lowest BCUT2D eigenvalue weighted by atomic mass is 10.1. The van der Waals surface area contributed by atoms with E-state index in [1.165, 1.54) is 18.2 Å². The van der Waals surface area contributed by atoms with E-state index >= 15 is 0 Å². The van der Waals surface area contributed by atoms with Gasteiger partial charge in [-0.1, -0.05) is 18.2 Å². The van der Waals surface area contributed by atoms with Crippen LogP contribution < -0.4 is 0 Å². The van der Waals surface area contributed by atoms with Crippen molar-refractivity contribution in [1.29, 1.82) is 0 Å². The molecule has 0 aliphatic heterocycles. The predicted molar refractivity (Wildman–Crippen MR) is 92.4 cm³/mol. The number of benzene rings is 2. The number of hydrogen-bond donors (Lipinski definition) is 1. The first-order valence-corrected chi connectivity index (χ1v) is 7.59. The molecule has 4 rings (SSSR count). The predicted octanol–water partition coefficient (Wildman–Crippen LogP) is 4.47. The molecule has 0 amide bonds. The Balaban J connectivity index is 1.76. The zero-order chi connectivity index (χ0) is 17.2. The van der Waals surface area contributed by atoms with Gasteiger partial charge in [-0.05, 0) is 35.9 Å². The van der Waals surface area contributed by atoms with E-state index in [2.05, 4.69) is 20.2 Å². The summed E-state index contributed by atoms with van der Waals surface area (Å²) in [5.41, 5.74) is 2.38. The van der Waals surface area contributed by atoms with E-state index in [-0.39, 0.29) is 5.82 Å². The van der Waals surface area contributed by atoms with Gasteiger partial charge in [0.25, 0.3) is 0 Å². The van der Waals surface area contributed by atoms with Crippen molar-refractivity contribution in [2.24, 2.45) is 0 Å². The molecular formula is C19H12F2N4. The van der Waals surface area contributed by atoms with E-state index in [4.69, 9.17) is 0 Å². The fraction of sp³-hybridized carbons (Fsp3) is 0. The summed E-state index contributed by atoms with van der Waals surface area (Å²) in [6.45, 7) is 0. The minimum atomic E-state index is -0.420. The van der Waals surface area contributed by atoms with Crippen molar-refractivity contribution in [2.45, 2.75) is 0 Å². The number of hydrogen-bond acceptors (Lipinski definition) is 3. The van der Waals surface area contributed by atoms with Gasteiger partial charge in [0, 0.05) is 23.8 Å². The maximum atomic E-state index is 14.3. The molecular weight excluding hydrogens is 322 g/mol. The average molecular weight is 334 g/mol. The molecule has 0 aliphatic carbocycles. The van der Waals surface area contributed by atoms with Crippen LogP contribution in [0.4, 0.5) is 8.78 Å². The van der Waals surface area contributed by atoms with Gasteiger partial charge in [-0.2, -0.15) is 5.10 Å². The fourth-order valence-electron chi connectivity index (χ4n) is 2.54. The third-order valence-electron chi connectivity index (χ3n) is 3.79. The van der Waals surface area contributed by atoms with Crippen LogP contribution in [0.1, 0.15) is 11.3 Å².